The summed E-state index contributed by atoms with van der Waals surface area (Å²) in [5.41, 5.74) is 0.877. The summed E-state index contributed by atoms with van der Waals surface area (Å²) in [6.07, 6.45) is 0. The second-order valence-corrected chi connectivity index (χ2v) is 4.90. The van der Waals surface area contributed by atoms with Crippen LogP contribution in [-0.4, -0.2) is 7.11 Å². The molecule has 0 saturated heterocycles. The molecule has 0 unspecified atom stereocenters. The Balaban J connectivity index is 2.13. The lowest BCUT2D eigenvalue weighted by molar-refractivity contribution is 0.302. The number of halogens is 2. The molecule has 0 fully saturated rings. The van der Waals surface area contributed by atoms with Gasteiger partial charge in [-0.3, -0.25) is 0 Å². The number of ether oxygens (including phenoxy) is 2. The van der Waals surface area contributed by atoms with Gasteiger partial charge in [-0.1, -0.05) is 0 Å². The number of benzene rings is 2. The summed E-state index contributed by atoms with van der Waals surface area (Å²) in [7, 11) is 1.58. The van der Waals surface area contributed by atoms with Crippen molar-refractivity contribution in [1.29, 1.82) is 5.26 Å². The van der Waals surface area contributed by atoms with Crippen molar-refractivity contribution in [1.82, 2.24) is 0 Å². The third-order valence-electron chi connectivity index (χ3n) is 2.62. The standard InChI is InChI=1S/C15H11BrFNO2/c1-19-13-2-3-15(14(16)7-13)20-9-11-4-10(8-18)5-12(17)6-11/h2-7H,9H2,1H3. The first-order chi connectivity index (χ1) is 9.62. The fourth-order valence-corrected chi connectivity index (χ4v) is 2.16. The SMILES string of the molecule is COc1ccc(OCc2cc(F)cc(C#N)c2)c(Br)c1. The van der Waals surface area contributed by atoms with E-state index in [9.17, 15) is 4.39 Å². The van der Waals surface area contributed by atoms with Crippen molar-refractivity contribution in [3.05, 3.63) is 57.8 Å². The molecule has 102 valence electrons. The monoisotopic (exact) mass is 335 g/mol. The zero-order chi connectivity index (χ0) is 14.5. The maximum Gasteiger partial charge on any atom is 0.134 e. The summed E-state index contributed by atoms with van der Waals surface area (Å²) < 4.78 is 24.7. The lowest BCUT2D eigenvalue weighted by atomic mass is 10.1. The van der Waals surface area contributed by atoms with Crippen LogP contribution in [0, 0.1) is 17.1 Å². The van der Waals surface area contributed by atoms with Crippen LogP contribution in [0.3, 0.4) is 0 Å². The van der Waals surface area contributed by atoms with Crippen LogP contribution < -0.4 is 9.47 Å². The normalized spacial score (nSPS) is 9.90. The van der Waals surface area contributed by atoms with Gasteiger partial charge in [-0.05, 0) is 57.9 Å². The van der Waals surface area contributed by atoms with Gasteiger partial charge in [0.15, 0.2) is 0 Å². The van der Waals surface area contributed by atoms with E-state index in [4.69, 9.17) is 14.7 Å². The van der Waals surface area contributed by atoms with Crippen LogP contribution in [0.25, 0.3) is 0 Å². The van der Waals surface area contributed by atoms with E-state index in [1.165, 1.54) is 12.1 Å². The minimum absolute atomic E-state index is 0.178. The number of methoxy groups -OCH3 is 1. The molecule has 0 saturated carbocycles. The van der Waals surface area contributed by atoms with Gasteiger partial charge in [-0.25, -0.2) is 4.39 Å². The van der Waals surface area contributed by atoms with E-state index in [0.717, 1.165) is 4.47 Å². The highest BCUT2D eigenvalue weighted by Gasteiger charge is 2.05. The second kappa shape index (κ2) is 6.40. The molecule has 20 heavy (non-hydrogen) atoms. The summed E-state index contributed by atoms with van der Waals surface area (Å²) in [6.45, 7) is 0.178. The van der Waals surface area contributed by atoms with Crippen molar-refractivity contribution >= 4 is 15.9 Å². The van der Waals surface area contributed by atoms with Gasteiger partial charge in [0.25, 0.3) is 0 Å². The van der Waals surface area contributed by atoms with Crippen LogP contribution in [0.4, 0.5) is 4.39 Å². The van der Waals surface area contributed by atoms with E-state index >= 15 is 0 Å². The Labute approximate surface area is 124 Å². The molecule has 0 spiro atoms. The van der Waals surface area contributed by atoms with E-state index in [-0.39, 0.29) is 12.2 Å². The summed E-state index contributed by atoms with van der Waals surface area (Å²) in [5, 5.41) is 8.79. The van der Waals surface area contributed by atoms with Crippen molar-refractivity contribution < 1.29 is 13.9 Å². The van der Waals surface area contributed by atoms with Crippen molar-refractivity contribution in [3.8, 4) is 17.6 Å². The Morgan fingerprint density at radius 1 is 1.25 bits per heavy atom. The predicted molar refractivity (Wildman–Crippen MR) is 76.1 cm³/mol. The molecule has 0 bridgehead atoms. The molecule has 2 aromatic carbocycles. The largest absolute Gasteiger partial charge is 0.497 e. The smallest absolute Gasteiger partial charge is 0.134 e. The lowest BCUT2D eigenvalue weighted by Crippen LogP contribution is -1.98. The number of hydrogen-bond acceptors (Lipinski definition) is 3. The highest BCUT2D eigenvalue weighted by Crippen LogP contribution is 2.29. The Morgan fingerprint density at radius 3 is 2.70 bits per heavy atom. The van der Waals surface area contributed by atoms with Crippen molar-refractivity contribution in [2.75, 3.05) is 7.11 Å². The fraction of sp³-hybridized carbons (Fsp3) is 0.133. The Kier molecular flexibility index (Phi) is 4.59. The van der Waals surface area contributed by atoms with Gasteiger partial charge in [-0.2, -0.15) is 5.26 Å². The quantitative estimate of drug-likeness (QED) is 0.846. The molecule has 0 atom stereocenters. The molecule has 0 aliphatic heterocycles. The summed E-state index contributed by atoms with van der Waals surface area (Å²) in [4.78, 5) is 0. The fourth-order valence-electron chi connectivity index (χ4n) is 1.68. The van der Waals surface area contributed by atoms with Crippen LogP contribution in [0.5, 0.6) is 11.5 Å². The average Bonchev–Trinajstić information content (AvgIpc) is 2.45. The van der Waals surface area contributed by atoms with E-state index < -0.39 is 5.82 Å². The van der Waals surface area contributed by atoms with Gasteiger partial charge in [0.2, 0.25) is 0 Å². The van der Waals surface area contributed by atoms with Crippen molar-refractivity contribution in [3.63, 3.8) is 0 Å². The van der Waals surface area contributed by atoms with E-state index in [1.54, 1.807) is 31.4 Å². The lowest BCUT2D eigenvalue weighted by Gasteiger charge is -2.10. The zero-order valence-corrected chi connectivity index (χ0v) is 12.3. The molecule has 0 heterocycles. The number of rotatable bonds is 4. The Bertz CT molecular complexity index is 667. The van der Waals surface area contributed by atoms with Gasteiger partial charge >= 0.3 is 0 Å². The maximum absolute atomic E-state index is 13.3. The highest BCUT2D eigenvalue weighted by atomic mass is 79.9. The van der Waals surface area contributed by atoms with E-state index in [2.05, 4.69) is 15.9 Å². The van der Waals surface area contributed by atoms with E-state index in [0.29, 0.717) is 17.1 Å². The third kappa shape index (κ3) is 3.49. The number of hydrogen-bond donors (Lipinski definition) is 0. The minimum Gasteiger partial charge on any atom is -0.497 e. The van der Waals surface area contributed by atoms with Gasteiger partial charge < -0.3 is 9.47 Å². The maximum atomic E-state index is 13.3. The summed E-state index contributed by atoms with van der Waals surface area (Å²) >= 11 is 3.37. The highest BCUT2D eigenvalue weighted by molar-refractivity contribution is 9.10. The molecule has 0 aromatic heterocycles. The minimum atomic E-state index is -0.448. The molecule has 3 nitrogen and oxygen atoms in total. The van der Waals surface area contributed by atoms with E-state index in [1.807, 2.05) is 6.07 Å². The Hall–Kier alpha value is -2.06. The molecule has 2 rings (SSSR count). The topological polar surface area (TPSA) is 42.2 Å². The van der Waals surface area contributed by atoms with Crippen molar-refractivity contribution in [2.24, 2.45) is 0 Å². The van der Waals surface area contributed by atoms with Crippen LogP contribution in [0.2, 0.25) is 0 Å². The molecule has 0 amide bonds. The molecule has 0 N–H and O–H groups in total. The summed E-state index contributed by atoms with van der Waals surface area (Å²) in [5.74, 6) is 0.881. The Morgan fingerprint density at radius 2 is 2.05 bits per heavy atom. The molecule has 0 aliphatic carbocycles. The first-order valence-electron chi connectivity index (χ1n) is 5.78. The van der Waals surface area contributed by atoms with Gasteiger partial charge in [-0.15, -0.1) is 0 Å². The summed E-state index contributed by atoms with van der Waals surface area (Å²) in [6, 6.07) is 11.3. The molecule has 0 aliphatic rings. The van der Waals surface area contributed by atoms with Crippen LogP contribution in [0.15, 0.2) is 40.9 Å². The zero-order valence-electron chi connectivity index (χ0n) is 10.7. The molecular formula is C15H11BrFNO2. The molecule has 0 radical (unpaired) electrons. The van der Waals surface area contributed by atoms with Crippen LogP contribution in [-0.2, 0) is 6.61 Å². The predicted octanol–water partition coefficient (Wildman–Crippen LogP) is 4.05. The first-order valence-corrected chi connectivity index (χ1v) is 6.57. The number of nitriles is 1. The third-order valence-corrected chi connectivity index (χ3v) is 3.24. The second-order valence-electron chi connectivity index (χ2n) is 4.04. The first kappa shape index (κ1) is 14.4. The number of nitrogens with zero attached hydrogens (tertiary/aromatic N) is 1. The van der Waals surface area contributed by atoms with Crippen LogP contribution in [0.1, 0.15) is 11.1 Å². The average molecular weight is 336 g/mol. The molecular weight excluding hydrogens is 325 g/mol. The van der Waals surface area contributed by atoms with Crippen molar-refractivity contribution in [2.45, 2.75) is 6.61 Å². The van der Waals surface area contributed by atoms with Gasteiger partial charge in [0, 0.05) is 0 Å². The van der Waals surface area contributed by atoms with Gasteiger partial charge in [0.1, 0.15) is 23.9 Å². The molecule has 2 aromatic rings. The van der Waals surface area contributed by atoms with Crippen LogP contribution >= 0.6 is 15.9 Å². The molecule has 5 heteroatoms. The van der Waals surface area contributed by atoms with Gasteiger partial charge in [0.05, 0.1) is 23.2 Å².